The quantitative estimate of drug-likeness (QED) is 0.460. The molecule has 1 aliphatic carbocycles. The van der Waals surface area contributed by atoms with Crippen molar-refractivity contribution >= 4 is 23.5 Å². The third-order valence-corrected chi connectivity index (χ3v) is 8.25. The van der Waals surface area contributed by atoms with E-state index in [0.717, 1.165) is 42.5 Å². The highest BCUT2D eigenvalue weighted by Crippen LogP contribution is 2.53. The second kappa shape index (κ2) is 9.34. The fourth-order valence-electron chi connectivity index (χ4n) is 6.58. The molecule has 0 unspecified atom stereocenters. The Morgan fingerprint density at radius 1 is 1.13 bits per heavy atom. The van der Waals surface area contributed by atoms with Crippen molar-refractivity contribution in [3.8, 4) is 0 Å². The number of carbonyl (C=O) groups is 3. The molecule has 38 heavy (non-hydrogen) atoms. The van der Waals surface area contributed by atoms with E-state index in [4.69, 9.17) is 9.47 Å². The van der Waals surface area contributed by atoms with Crippen molar-refractivity contribution < 1.29 is 28.2 Å². The van der Waals surface area contributed by atoms with Gasteiger partial charge in [-0.05, 0) is 56.0 Å². The van der Waals surface area contributed by atoms with Crippen LogP contribution in [0.1, 0.15) is 48.5 Å². The van der Waals surface area contributed by atoms with E-state index in [2.05, 4.69) is 5.32 Å². The van der Waals surface area contributed by atoms with Crippen LogP contribution in [0.5, 0.6) is 0 Å². The van der Waals surface area contributed by atoms with Gasteiger partial charge in [-0.1, -0.05) is 49.3 Å². The molecule has 2 amide bonds. The molecule has 0 radical (unpaired) electrons. The standard InChI is InChI=1S/C30H31FN2O5/c1-17-13-18(2)15-20(14-17)33-16-30-12-11-23(38-30)24(25(30)28(33)35)29(36)37-26(21-9-5-6-10-22(21)31)27(34)32-19-7-3-4-8-19/h5-6,9-15,19,23-26H,3-4,7-8,16H2,1-2H3,(H,32,34)/t23-,24+,25+,26+,30-/m1/s1. The predicted octanol–water partition coefficient (Wildman–Crippen LogP) is 4.07. The normalized spacial score (nSPS) is 28.6. The number of hydrogen-bond donors (Lipinski definition) is 1. The van der Waals surface area contributed by atoms with Crippen molar-refractivity contribution in [3.63, 3.8) is 0 Å². The fraction of sp³-hybridized carbons (Fsp3) is 0.433. The van der Waals surface area contributed by atoms with Crippen LogP contribution in [0.4, 0.5) is 10.1 Å². The first-order valence-corrected chi connectivity index (χ1v) is 13.3. The number of hydrogen-bond acceptors (Lipinski definition) is 5. The van der Waals surface area contributed by atoms with Crippen LogP contribution >= 0.6 is 0 Å². The number of anilines is 1. The Morgan fingerprint density at radius 3 is 2.55 bits per heavy atom. The lowest BCUT2D eigenvalue weighted by Crippen LogP contribution is -2.43. The van der Waals surface area contributed by atoms with E-state index in [1.54, 1.807) is 17.0 Å². The second-order valence-corrected chi connectivity index (χ2v) is 11.0. The molecular formula is C30H31FN2O5. The van der Waals surface area contributed by atoms with E-state index in [-0.39, 0.29) is 24.1 Å². The third-order valence-electron chi connectivity index (χ3n) is 8.25. The summed E-state index contributed by atoms with van der Waals surface area (Å²) in [5, 5.41) is 2.92. The van der Waals surface area contributed by atoms with Gasteiger partial charge in [-0.3, -0.25) is 14.4 Å². The molecule has 3 fully saturated rings. The van der Waals surface area contributed by atoms with Gasteiger partial charge in [0.2, 0.25) is 12.0 Å². The van der Waals surface area contributed by atoms with Gasteiger partial charge in [-0.25, -0.2) is 4.39 Å². The molecule has 0 aromatic heterocycles. The molecule has 4 aliphatic rings. The lowest BCUT2D eigenvalue weighted by Gasteiger charge is -2.26. The zero-order valence-electron chi connectivity index (χ0n) is 21.5. The SMILES string of the molecule is Cc1cc(C)cc(N2C[C@@]34C=C[C@@H](O3)[C@H](C(=O)O[C@H](C(=O)NC3CCCC3)c3ccccc3F)[C@H]4C2=O)c1. The summed E-state index contributed by atoms with van der Waals surface area (Å²) in [5.74, 6) is -3.87. The maximum absolute atomic E-state index is 14.8. The minimum absolute atomic E-state index is 0.0136. The summed E-state index contributed by atoms with van der Waals surface area (Å²) in [6.07, 6.45) is 5.23. The van der Waals surface area contributed by atoms with E-state index >= 15 is 0 Å². The number of carbonyl (C=O) groups excluding carboxylic acids is 3. The number of fused-ring (bicyclic) bond motifs is 1. The summed E-state index contributed by atoms with van der Waals surface area (Å²) in [6.45, 7) is 4.23. The maximum Gasteiger partial charge on any atom is 0.314 e. The number of nitrogens with one attached hydrogen (secondary N) is 1. The second-order valence-electron chi connectivity index (χ2n) is 11.0. The summed E-state index contributed by atoms with van der Waals surface area (Å²) in [6, 6.07) is 11.7. The van der Waals surface area contributed by atoms with Crippen molar-refractivity contribution in [2.24, 2.45) is 11.8 Å². The molecule has 3 heterocycles. The largest absolute Gasteiger partial charge is 0.447 e. The summed E-state index contributed by atoms with van der Waals surface area (Å²) in [5.41, 5.74) is 1.85. The summed E-state index contributed by atoms with van der Waals surface area (Å²) >= 11 is 0. The zero-order valence-corrected chi connectivity index (χ0v) is 21.5. The molecule has 2 bridgehead atoms. The van der Waals surface area contributed by atoms with E-state index in [1.165, 1.54) is 18.2 Å². The first-order chi connectivity index (χ1) is 18.3. The molecular weight excluding hydrogens is 487 g/mol. The highest BCUT2D eigenvalue weighted by Gasteiger charge is 2.67. The zero-order chi connectivity index (χ0) is 26.6. The highest BCUT2D eigenvalue weighted by atomic mass is 19.1. The molecule has 1 saturated carbocycles. The average Bonchev–Trinajstić information content (AvgIpc) is 3.65. The first kappa shape index (κ1) is 24.8. The van der Waals surface area contributed by atoms with Crippen molar-refractivity contribution in [2.75, 3.05) is 11.4 Å². The molecule has 198 valence electrons. The number of amides is 2. The number of halogens is 1. The smallest absolute Gasteiger partial charge is 0.314 e. The number of benzene rings is 2. The molecule has 7 nitrogen and oxygen atoms in total. The van der Waals surface area contributed by atoms with Gasteiger partial charge in [0.25, 0.3) is 5.91 Å². The Balaban J connectivity index is 1.28. The topological polar surface area (TPSA) is 84.9 Å². The molecule has 8 heteroatoms. The minimum atomic E-state index is -1.46. The van der Waals surface area contributed by atoms with Gasteiger partial charge in [0, 0.05) is 17.3 Å². The summed E-state index contributed by atoms with van der Waals surface area (Å²) < 4.78 is 26.8. The number of ether oxygens (including phenoxy) is 2. The fourth-order valence-corrected chi connectivity index (χ4v) is 6.58. The number of nitrogens with zero attached hydrogens (tertiary/aromatic N) is 1. The molecule has 2 aromatic rings. The highest BCUT2D eigenvalue weighted by molar-refractivity contribution is 6.03. The van der Waals surface area contributed by atoms with Crippen LogP contribution in [0.2, 0.25) is 0 Å². The van der Waals surface area contributed by atoms with Crippen LogP contribution in [0.25, 0.3) is 0 Å². The number of esters is 1. The Bertz CT molecular complexity index is 1320. The van der Waals surface area contributed by atoms with Crippen LogP contribution in [0.15, 0.2) is 54.6 Å². The molecule has 5 atom stereocenters. The van der Waals surface area contributed by atoms with E-state index in [0.29, 0.717) is 0 Å². The van der Waals surface area contributed by atoms with Gasteiger partial charge in [0.1, 0.15) is 17.3 Å². The van der Waals surface area contributed by atoms with Crippen LogP contribution in [-0.4, -0.2) is 42.1 Å². The summed E-state index contributed by atoms with van der Waals surface area (Å²) in [4.78, 5) is 42.4. The maximum atomic E-state index is 14.8. The number of aryl methyl sites for hydroxylation is 2. The van der Waals surface area contributed by atoms with Gasteiger partial charge < -0.3 is 19.7 Å². The summed E-state index contributed by atoms with van der Waals surface area (Å²) in [7, 11) is 0. The predicted molar refractivity (Wildman–Crippen MR) is 138 cm³/mol. The Morgan fingerprint density at radius 2 is 1.84 bits per heavy atom. The minimum Gasteiger partial charge on any atom is -0.447 e. The van der Waals surface area contributed by atoms with Gasteiger partial charge in [-0.15, -0.1) is 0 Å². The van der Waals surface area contributed by atoms with Crippen molar-refractivity contribution in [2.45, 2.75) is 63.4 Å². The molecule has 6 rings (SSSR count). The number of rotatable bonds is 6. The molecule has 1 N–H and O–H groups in total. The van der Waals surface area contributed by atoms with Crippen LogP contribution in [0.3, 0.4) is 0 Å². The molecule has 2 aromatic carbocycles. The van der Waals surface area contributed by atoms with Crippen LogP contribution in [0, 0.1) is 31.5 Å². The lowest BCUT2D eigenvalue weighted by atomic mass is 9.77. The lowest BCUT2D eigenvalue weighted by molar-refractivity contribution is -0.163. The molecule has 3 aliphatic heterocycles. The molecule has 2 saturated heterocycles. The van der Waals surface area contributed by atoms with Gasteiger partial charge in [0.15, 0.2) is 0 Å². The Kier molecular flexibility index (Phi) is 6.10. The van der Waals surface area contributed by atoms with Crippen molar-refractivity contribution in [3.05, 3.63) is 77.1 Å². The molecule has 1 spiro atoms. The van der Waals surface area contributed by atoms with Gasteiger partial charge in [0.05, 0.1) is 18.6 Å². The average molecular weight is 519 g/mol. The monoisotopic (exact) mass is 518 g/mol. The van der Waals surface area contributed by atoms with Gasteiger partial charge in [-0.2, -0.15) is 0 Å². The Hall–Kier alpha value is -3.52. The van der Waals surface area contributed by atoms with E-state index < -0.39 is 47.3 Å². The van der Waals surface area contributed by atoms with Gasteiger partial charge >= 0.3 is 5.97 Å². The van der Waals surface area contributed by atoms with Crippen molar-refractivity contribution in [1.82, 2.24) is 5.32 Å². The van der Waals surface area contributed by atoms with Crippen LogP contribution in [-0.2, 0) is 23.9 Å². The van der Waals surface area contributed by atoms with E-state index in [9.17, 15) is 18.8 Å². The van der Waals surface area contributed by atoms with E-state index in [1.807, 2.05) is 38.1 Å². The third kappa shape index (κ3) is 4.11. The first-order valence-electron chi connectivity index (χ1n) is 13.3. The Labute approximate surface area is 221 Å². The van der Waals surface area contributed by atoms with Crippen LogP contribution < -0.4 is 10.2 Å². The van der Waals surface area contributed by atoms with Crippen molar-refractivity contribution in [1.29, 1.82) is 0 Å².